The summed E-state index contributed by atoms with van der Waals surface area (Å²) in [7, 11) is -3.71. The molecule has 4 aromatic rings. The van der Waals surface area contributed by atoms with Crippen LogP contribution in [0.1, 0.15) is 5.56 Å². The summed E-state index contributed by atoms with van der Waals surface area (Å²) in [4.78, 5) is 7.88. The summed E-state index contributed by atoms with van der Waals surface area (Å²) >= 11 is 0. The number of aromatic nitrogens is 3. The maximum absolute atomic E-state index is 12.5. The molecular formula is C20H15N5O2S. The summed E-state index contributed by atoms with van der Waals surface area (Å²) in [5.41, 5.74) is 3.45. The Kier molecular flexibility index (Phi) is 4.61. The molecule has 8 heteroatoms. The molecule has 0 spiro atoms. The molecule has 0 bridgehead atoms. The topological polar surface area (TPSA) is 80.7 Å². The van der Waals surface area contributed by atoms with E-state index in [2.05, 4.69) is 19.6 Å². The first-order valence-corrected chi connectivity index (χ1v) is 9.90. The van der Waals surface area contributed by atoms with E-state index in [0.717, 1.165) is 22.5 Å². The average Bonchev–Trinajstić information content (AvgIpc) is 3.17. The van der Waals surface area contributed by atoms with E-state index < -0.39 is 10.0 Å². The predicted octanol–water partition coefficient (Wildman–Crippen LogP) is 3.43. The molecule has 0 aliphatic rings. The molecule has 0 aliphatic heterocycles. The second-order valence-corrected chi connectivity index (χ2v) is 7.85. The van der Waals surface area contributed by atoms with Crippen LogP contribution in [0.3, 0.4) is 0 Å². The van der Waals surface area contributed by atoms with Gasteiger partial charge >= 0.3 is 0 Å². The summed E-state index contributed by atoms with van der Waals surface area (Å²) in [5, 5.41) is 4.21. The maximum atomic E-state index is 12.5. The van der Waals surface area contributed by atoms with E-state index in [9.17, 15) is 8.42 Å². The van der Waals surface area contributed by atoms with Crippen molar-refractivity contribution in [2.24, 2.45) is 0 Å². The van der Waals surface area contributed by atoms with Gasteiger partial charge in [-0.25, -0.2) is 27.5 Å². The fourth-order valence-corrected chi connectivity index (χ4v) is 3.85. The van der Waals surface area contributed by atoms with E-state index in [-0.39, 0.29) is 17.1 Å². The van der Waals surface area contributed by atoms with E-state index >= 15 is 0 Å². The molecule has 0 aliphatic carbocycles. The van der Waals surface area contributed by atoms with Gasteiger partial charge in [-0.05, 0) is 35.9 Å². The number of benzene rings is 2. The van der Waals surface area contributed by atoms with E-state index in [1.165, 1.54) is 12.1 Å². The highest BCUT2D eigenvalue weighted by atomic mass is 32.2. The normalized spacial score (nSPS) is 11.4. The Balaban J connectivity index is 1.56. The number of nitrogens with zero attached hydrogens (tertiary/aromatic N) is 4. The maximum Gasteiger partial charge on any atom is 0.239 e. The molecule has 4 rings (SSSR count). The van der Waals surface area contributed by atoms with Crippen molar-refractivity contribution in [3.63, 3.8) is 0 Å². The highest BCUT2D eigenvalue weighted by molar-refractivity contribution is 7.89. The fourth-order valence-electron chi connectivity index (χ4n) is 2.79. The standard InChI is InChI=1S/C20H15N5O2S/c1-21-17-7-3-8-18(12-17)28(26,27)23-13-15-5-2-6-16(11-15)19-14-25-20(24-19)9-4-10-22-25/h2-12,14,23H,13H2. The van der Waals surface area contributed by atoms with Crippen molar-refractivity contribution in [1.82, 2.24) is 19.3 Å². The minimum Gasteiger partial charge on any atom is -0.238 e. The Morgan fingerprint density at radius 2 is 1.93 bits per heavy atom. The van der Waals surface area contributed by atoms with E-state index in [4.69, 9.17) is 6.57 Å². The number of fused-ring (bicyclic) bond motifs is 1. The van der Waals surface area contributed by atoms with Crippen LogP contribution >= 0.6 is 0 Å². The lowest BCUT2D eigenvalue weighted by Gasteiger charge is -2.08. The molecule has 2 aromatic carbocycles. The smallest absolute Gasteiger partial charge is 0.238 e. The van der Waals surface area contributed by atoms with Crippen LogP contribution in [0, 0.1) is 6.57 Å². The summed E-state index contributed by atoms with van der Waals surface area (Å²) in [6.07, 6.45) is 3.52. The van der Waals surface area contributed by atoms with Crippen molar-refractivity contribution in [3.8, 4) is 11.3 Å². The first kappa shape index (κ1) is 17.9. The lowest BCUT2D eigenvalue weighted by Crippen LogP contribution is -2.23. The molecule has 0 amide bonds. The summed E-state index contributed by atoms with van der Waals surface area (Å²) in [6.45, 7) is 7.15. The first-order chi connectivity index (χ1) is 13.5. The van der Waals surface area contributed by atoms with Gasteiger partial charge < -0.3 is 0 Å². The van der Waals surface area contributed by atoms with Crippen LogP contribution in [0.4, 0.5) is 5.69 Å². The lowest BCUT2D eigenvalue weighted by atomic mass is 10.1. The molecule has 2 heterocycles. The van der Waals surface area contributed by atoms with Gasteiger partial charge in [0.15, 0.2) is 11.3 Å². The number of hydrogen-bond donors (Lipinski definition) is 1. The number of sulfonamides is 1. The van der Waals surface area contributed by atoms with Crippen LogP contribution in [-0.2, 0) is 16.6 Å². The zero-order valence-corrected chi connectivity index (χ0v) is 15.5. The Hall–Kier alpha value is -3.54. The molecule has 0 atom stereocenters. The average molecular weight is 389 g/mol. The van der Waals surface area contributed by atoms with Crippen molar-refractivity contribution < 1.29 is 8.42 Å². The zero-order valence-electron chi connectivity index (χ0n) is 14.6. The van der Waals surface area contributed by atoms with E-state index in [0.29, 0.717) is 0 Å². The number of imidazole rings is 1. The van der Waals surface area contributed by atoms with Crippen LogP contribution in [0.25, 0.3) is 21.7 Å². The monoisotopic (exact) mass is 389 g/mol. The Labute approximate surface area is 162 Å². The van der Waals surface area contributed by atoms with Gasteiger partial charge in [-0.15, -0.1) is 0 Å². The Bertz CT molecular complexity index is 1270. The fraction of sp³-hybridized carbons (Fsp3) is 0.0500. The van der Waals surface area contributed by atoms with Crippen LogP contribution in [0.15, 0.2) is 78.0 Å². The SMILES string of the molecule is [C-]#[N+]c1cccc(S(=O)(=O)NCc2cccc(-c3cn4ncccc4n3)c2)c1. The Morgan fingerprint density at radius 1 is 1.07 bits per heavy atom. The summed E-state index contributed by atoms with van der Waals surface area (Å²) < 4.78 is 29.3. The molecule has 2 aromatic heterocycles. The molecule has 0 radical (unpaired) electrons. The lowest BCUT2D eigenvalue weighted by molar-refractivity contribution is 0.581. The van der Waals surface area contributed by atoms with Crippen molar-refractivity contribution in [3.05, 3.63) is 90.0 Å². The van der Waals surface area contributed by atoms with Gasteiger partial charge in [0, 0.05) is 18.3 Å². The quantitative estimate of drug-likeness (QED) is 0.530. The molecule has 0 fully saturated rings. The third-order valence-corrected chi connectivity index (χ3v) is 5.58. The van der Waals surface area contributed by atoms with Crippen LogP contribution in [0.2, 0.25) is 0 Å². The highest BCUT2D eigenvalue weighted by Gasteiger charge is 2.14. The predicted molar refractivity (Wildman–Crippen MR) is 105 cm³/mol. The van der Waals surface area contributed by atoms with E-state index in [1.807, 2.05) is 42.6 Å². The second kappa shape index (κ2) is 7.23. The molecule has 0 saturated carbocycles. The van der Waals surface area contributed by atoms with Crippen molar-refractivity contribution in [1.29, 1.82) is 0 Å². The summed E-state index contributed by atoms with van der Waals surface area (Å²) in [6, 6.07) is 17.1. The van der Waals surface area contributed by atoms with Gasteiger partial charge in [-0.1, -0.05) is 30.3 Å². The molecule has 28 heavy (non-hydrogen) atoms. The van der Waals surface area contributed by atoms with E-state index in [1.54, 1.807) is 22.8 Å². The number of hydrogen-bond acceptors (Lipinski definition) is 4. The molecule has 1 N–H and O–H groups in total. The molecule has 138 valence electrons. The molecule has 0 unspecified atom stereocenters. The minimum absolute atomic E-state index is 0.0728. The highest BCUT2D eigenvalue weighted by Crippen LogP contribution is 2.21. The first-order valence-electron chi connectivity index (χ1n) is 8.42. The van der Waals surface area contributed by atoms with Crippen LogP contribution in [0.5, 0.6) is 0 Å². The van der Waals surface area contributed by atoms with Gasteiger partial charge in [0.25, 0.3) is 0 Å². The number of rotatable bonds is 5. The minimum atomic E-state index is -3.71. The molecular weight excluding hydrogens is 374 g/mol. The Morgan fingerprint density at radius 3 is 2.75 bits per heavy atom. The van der Waals surface area contributed by atoms with Gasteiger partial charge in [-0.3, -0.25) is 0 Å². The van der Waals surface area contributed by atoms with Crippen molar-refractivity contribution >= 4 is 21.4 Å². The summed E-state index contributed by atoms with van der Waals surface area (Å²) in [5.74, 6) is 0. The molecule has 0 saturated heterocycles. The van der Waals surface area contributed by atoms with Gasteiger partial charge in [0.05, 0.1) is 23.4 Å². The van der Waals surface area contributed by atoms with Crippen LogP contribution in [-0.4, -0.2) is 23.0 Å². The van der Waals surface area contributed by atoms with Gasteiger partial charge in [-0.2, -0.15) is 5.10 Å². The van der Waals surface area contributed by atoms with Crippen LogP contribution < -0.4 is 4.72 Å². The van der Waals surface area contributed by atoms with Crippen molar-refractivity contribution in [2.45, 2.75) is 11.4 Å². The molecule has 7 nitrogen and oxygen atoms in total. The third kappa shape index (κ3) is 3.62. The zero-order chi connectivity index (χ0) is 19.6. The van der Waals surface area contributed by atoms with Crippen molar-refractivity contribution in [2.75, 3.05) is 0 Å². The van der Waals surface area contributed by atoms with Gasteiger partial charge in [0.1, 0.15) is 0 Å². The second-order valence-electron chi connectivity index (χ2n) is 6.09. The van der Waals surface area contributed by atoms with Gasteiger partial charge in [0.2, 0.25) is 10.0 Å². The number of nitrogens with one attached hydrogen (secondary N) is 1. The third-order valence-electron chi connectivity index (χ3n) is 4.18. The largest absolute Gasteiger partial charge is 0.239 e.